The van der Waals surface area contributed by atoms with Crippen LogP contribution in [-0.4, -0.2) is 108 Å². The monoisotopic (exact) mass is 888 g/mol. The molecule has 3 aliphatic heterocycles. The number of nitrogens with zero attached hydrogens (tertiary/aromatic N) is 10. The predicted octanol–water partition coefficient (Wildman–Crippen LogP) is 5.70. The lowest BCUT2D eigenvalue weighted by molar-refractivity contribution is -0.135. The molecule has 0 bridgehead atoms. The van der Waals surface area contributed by atoms with Crippen LogP contribution in [0.2, 0.25) is 0 Å². The van der Waals surface area contributed by atoms with E-state index < -0.39 is 60.1 Å². The fourth-order valence-electron chi connectivity index (χ4n) is 10.8. The molecule has 2 aliphatic carbocycles. The number of aryl methyl sites for hydroxylation is 1. The molecule has 20 heteroatoms. The Balaban J connectivity index is 0.766. The van der Waals surface area contributed by atoms with Crippen LogP contribution < -0.4 is 26.1 Å². The molecule has 3 amide bonds. The molecule has 340 valence electrons. The van der Waals surface area contributed by atoms with Crippen molar-refractivity contribution < 1.29 is 31.9 Å². The Hall–Kier alpha value is -5.79. The fourth-order valence-corrected chi connectivity index (χ4v) is 10.8. The lowest BCUT2D eigenvalue weighted by Crippen LogP contribution is -2.58. The number of piperidine rings is 3. The molecular weight excluding hydrogens is 837 g/mol. The summed E-state index contributed by atoms with van der Waals surface area (Å²) in [5.41, 5.74) is 1.28. The van der Waals surface area contributed by atoms with E-state index in [4.69, 9.17) is 4.98 Å². The number of hydrogen-bond acceptors (Lipinski definition) is 10. The molecule has 5 fully saturated rings. The lowest BCUT2D eigenvalue weighted by atomic mass is 9.85. The summed E-state index contributed by atoms with van der Waals surface area (Å²) in [5, 5.41) is 13.5. The second kappa shape index (κ2) is 16.0. The Morgan fingerprint density at radius 2 is 1.75 bits per heavy atom. The van der Waals surface area contributed by atoms with E-state index in [1.165, 1.54) is 43.6 Å². The third-order valence-electron chi connectivity index (χ3n) is 14.7. The van der Waals surface area contributed by atoms with Crippen LogP contribution in [0.25, 0.3) is 16.7 Å². The second-order valence-corrected chi connectivity index (χ2v) is 18.7. The molecule has 5 aliphatic rings. The average molecular weight is 889 g/mol. The Kier molecular flexibility index (Phi) is 10.6. The minimum absolute atomic E-state index is 0.0814. The molecule has 2 saturated carbocycles. The number of anilines is 3. The molecule has 0 radical (unpaired) electrons. The molecule has 2 N–H and O–H groups in total. The third kappa shape index (κ3) is 7.59. The number of amides is 3. The summed E-state index contributed by atoms with van der Waals surface area (Å²) in [6, 6.07) is 4.83. The highest BCUT2D eigenvalue weighted by molar-refractivity contribution is 6.08. The molecule has 2 atom stereocenters. The van der Waals surface area contributed by atoms with E-state index in [1.54, 1.807) is 48.3 Å². The zero-order valence-corrected chi connectivity index (χ0v) is 35.9. The van der Waals surface area contributed by atoms with Gasteiger partial charge in [0.2, 0.25) is 11.8 Å². The van der Waals surface area contributed by atoms with E-state index in [1.807, 2.05) is 6.07 Å². The number of imide groups is 1. The van der Waals surface area contributed by atoms with Crippen molar-refractivity contribution in [1.82, 2.24) is 43.7 Å². The summed E-state index contributed by atoms with van der Waals surface area (Å²) >= 11 is 0. The number of alkyl halides is 4. The number of rotatable bonds is 10. The van der Waals surface area contributed by atoms with Gasteiger partial charge < -0.3 is 15.1 Å². The topological polar surface area (TPSA) is 160 Å². The van der Waals surface area contributed by atoms with Gasteiger partial charge in [0.15, 0.2) is 11.3 Å². The largest absolute Gasteiger partial charge is 0.364 e. The van der Waals surface area contributed by atoms with E-state index in [2.05, 4.69) is 25.7 Å². The standard InChI is InChI=1S/C44H52F4N12O4/c1-54(33-12-18-57(25-44(33,47)48)30-4-3-5-31-37(30)55(2)42(64)60(31)32-10-11-35(61)52-41(32)63)23-26-6-8-27(9-7-26)59-24-29(36(53-59)38(45)46)50-40(62)28-22-49-58-19-13-34(51-39(28)58)56-20-16-43(14-15-43)17-21-56/h3-5,13,19,22,24,26-27,32-33,38H,6-12,14-18,20-21,23,25H2,1-2H3,(H,50,62)(H,52,61,63). The molecule has 10 rings (SSSR count). The van der Waals surface area contributed by atoms with Crippen molar-refractivity contribution in [2.75, 3.05) is 54.9 Å². The van der Waals surface area contributed by atoms with Crippen molar-refractivity contribution in [3.63, 3.8) is 0 Å². The van der Waals surface area contributed by atoms with E-state index >= 15 is 8.78 Å². The third-order valence-corrected chi connectivity index (χ3v) is 14.7. The highest BCUT2D eigenvalue weighted by Gasteiger charge is 2.48. The number of hydrogen-bond donors (Lipinski definition) is 2. The second-order valence-electron chi connectivity index (χ2n) is 18.7. The van der Waals surface area contributed by atoms with Crippen LogP contribution in [0, 0.1) is 11.3 Å². The summed E-state index contributed by atoms with van der Waals surface area (Å²) in [4.78, 5) is 61.9. The number of halogens is 4. The zero-order valence-electron chi connectivity index (χ0n) is 35.9. The maximum absolute atomic E-state index is 16.2. The molecule has 1 spiro atoms. The van der Waals surface area contributed by atoms with Gasteiger partial charge in [0.05, 0.1) is 47.2 Å². The first kappa shape index (κ1) is 42.2. The smallest absolute Gasteiger partial charge is 0.329 e. The molecular formula is C44H52F4N12O4. The van der Waals surface area contributed by atoms with Gasteiger partial charge in [-0.1, -0.05) is 6.07 Å². The molecule has 1 aromatic carbocycles. The number of aromatic nitrogens is 7. The van der Waals surface area contributed by atoms with Gasteiger partial charge in [-0.15, -0.1) is 0 Å². The quantitative estimate of drug-likeness (QED) is 0.132. The van der Waals surface area contributed by atoms with Gasteiger partial charge in [0.1, 0.15) is 17.4 Å². The first-order chi connectivity index (χ1) is 30.7. The predicted molar refractivity (Wildman–Crippen MR) is 229 cm³/mol. The van der Waals surface area contributed by atoms with Crippen LogP contribution in [0.5, 0.6) is 0 Å². The van der Waals surface area contributed by atoms with Crippen LogP contribution >= 0.6 is 0 Å². The SMILES string of the molecule is CN(CC1CCC(n2cc(NC(=O)c3cnn4ccc(N5CCC6(CC5)CC6)nc34)c(C(F)F)n2)CC1)C1CCN(c2cccc3c2n(C)c(=O)n3C2CCC(=O)NC2=O)CC1(F)F. The minimum atomic E-state index is -3.10. The van der Waals surface area contributed by atoms with Gasteiger partial charge in [0.25, 0.3) is 18.3 Å². The number of para-hydroxylation sites is 1. The first-order valence-corrected chi connectivity index (χ1v) is 22.3. The summed E-state index contributed by atoms with van der Waals surface area (Å²) in [7, 11) is 3.28. The van der Waals surface area contributed by atoms with Crippen LogP contribution in [-0.2, 0) is 16.6 Å². The van der Waals surface area contributed by atoms with Gasteiger partial charge >= 0.3 is 5.69 Å². The van der Waals surface area contributed by atoms with E-state index in [-0.39, 0.29) is 42.5 Å². The molecule has 5 aromatic rings. The van der Waals surface area contributed by atoms with E-state index in [9.17, 15) is 28.0 Å². The maximum Gasteiger partial charge on any atom is 0.329 e. The average Bonchev–Trinajstić information content (AvgIpc) is 3.56. The van der Waals surface area contributed by atoms with Crippen molar-refractivity contribution in [3.05, 3.63) is 64.6 Å². The molecule has 3 saturated heterocycles. The van der Waals surface area contributed by atoms with Crippen molar-refractivity contribution >= 4 is 51.6 Å². The molecule has 16 nitrogen and oxygen atoms in total. The highest BCUT2D eigenvalue weighted by Crippen LogP contribution is 2.54. The Morgan fingerprint density at radius 3 is 2.45 bits per heavy atom. The van der Waals surface area contributed by atoms with Crippen LogP contribution in [0.4, 0.5) is 34.8 Å². The number of imidazole rings is 1. The number of carbonyl (C=O) groups is 3. The molecule has 2 unspecified atom stereocenters. The maximum atomic E-state index is 16.2. The van der Waals surface area contributed by atoms with Crippen molar-refractivity contribution in [2.45, 2.75) is 101 Å². The first-order valence-electron chi connectivity index (χ1n) is 22.3. The molecule has 7 heterocycles. The van der Waals surface area contributed by atoms with Gasteiger partial charge in [-0.25, -0.2) is 31.9 Å². The normalized spacial score (nSPS) is 24.6. The summed E-state index contributed by atoms with van der Waals surface area (Å²) < 4.78 is 66.8. The summed E-state index contributed by atoms with van der Waals surface area (Å²) in [5.74, 6) is -3.83. The van der Waals surface area contributed by atoms with E-state index in [0.717, 1.165) is 31.7 Å². The van der Waals surface area contributed by atoms with Crippen molar-refractivity contribution in [2.24, 2.45) is 18.4 Å². The minimum Gasteiger partial charge on any atom is -0.364 e. The van der Waals surface area contributed by atoms with Crippen LogP contribution in [0.1, 0.15) is 105 Å². The van der Waals surface area contributed by atoms with Crippen molar-refractivity contribution in [3.8, 4) is 0 Å². The highest BCUT2D eigenvalue weighted by atomic mass is 19.3. The van der Waals surface area contributed by atoms with Gasteiger partial charge in [-0.3, -0.25) is 38.4 Å². The molecule has 4 aromatic heterocycles. The van der Waals surface area contributed by atoms with Crippen molar-refractivity contribution in [1.29, 1.82) is 0 Å². The number of fused-ring (bicyclic) bond motifs is 2. The summed E-state index contributed by atoms with van der Waals surface area (Å²) in [6.07, 6.45) is 9.44. The number of benzene rings is 1. The number of nitrogens with one attached hydrogen (secondary N) is 2. The Labute approximate surface area is 365 Å². The van der Waals surface area contributed by atoms with Crippen LogP contribution in [0.3, 0.4) is 0 Å². The number of carbonyl (C=O) groups excluding carboxylic acids is 3. The van der Waals surface area contributed by atoms with Crippen LogP contribution in [0.15, 0.2) is 47.7 Å². The summed E-state index contributed by atoms with van der Waals surface area (Å²) in [6.45, 7) is 1.96. The van der Waals surface area contributed by atoms with Gasteiger partial charge in [-0.05, 0) is 101 Å². The molecule has 64 heavy (non-hydrogen) atoms. The van der Waals surface area contributed by atoms with Gasteiger partial charge in [0, 0.05) is 52.0 Å². The fraction of sp³-hybridized carbons (Fsp3) is 0.568. The lowest BCUT2D eigenvalue weighted by Gasteiger charge is -2.44. The Bertz CT molecular complexity index is 2690. The van der Waals surface area contributed by atoms with E-state index in [0.29, 0.717) is 66.6 Å². The zero-order chi connectivity index (χ0) is 44.7. The Morgan fingerprint density at radius 1 is 0.984 bits per heavy atom. The van der Waals surface area contributed by atoms with Gasteiger partial charge in [-0.2, -0.15) is 10.2 Å².